The number of hydrogen-bond acceptors (Lipinski definition) is 6. The van der Waals surface area contributed by atoms with Crippen molar-refractivity contribution in [2.45, 2.75) is 19.4 Å². The van der Waals surface area contributed by atoms with E-state index in [1.165, 1.54) is 12.4 Å². The lowest BCUT2D eigenvalue weighted by atomic mass is 10.2. The van der Waals surface area contributed by atoms with Crippen LogP contribution < -0.4 is 10.6 Å². The number of nitrogens with one attached hydrogen (secondary N) is 2. The maximum atomic E-state index is 12.2. The van der Waals surface area contributed by atoms with E-state index in [9.17, 15) is 13.2 Å². The highest BCUT2D eigenvalue weighted by molar-refractivity contribution is 7.91. The number of amides is 1. The summed E-state index contributed by atoms with van der Waals surface area (Å²) >= 11 is 5.92. The minimum Gasteiger partial charge on any atom is -0.348 e. The number of nitrogens with zero attached hydrogens (tertiary/aromatic N) is 2. The summed E-state index contributed by atoms with van der Waals surface area (Å²) < 4.78 is 22.9. The van der Waals surface area contributed by atoms with Gasteiger partial charge in [0.1, 0.15) is 0 Å². The van der Waals surface area contributed by atoms with Gasteiger partial charge in [-0.2, -0.15) is 0 Å². The Bertz CT molecular complexity index is 900. The van der Waals surface area contributed by atoms with E-state index in [1.54, 1.807) is 6.07 Å². The number of hydrogen-bond donors (Lipinski definition) is 2. The molecular weight excluding hydrogens is 364 g/mol. The molecule has 0 spiro atoms. The largest absolute Gasteiger partial charge is 0.348 e. The fourth-order valence-corrected chi connectivity index (χ4v) is 4.48. The standard InChI is InChI=1S/C16H17ClN4O3S/c1-10-6-12(17)2-3-14(10)21-16-18-7-11(8-19-16)15(22)20-13-4-5-25(23,24)9-13/h2-3,6-8,13H,4-5,9H2,1H3,(H,20,22)(H,18,19,21). The first kappa shape index (κ1) is 17.6. The summed E-state index contributed by atoms with van der Waals surface area (Å²) in [6.45, 7) is 1.91. The van der Waals surface area contributed by atoms with E-state index in [4.69, 9.17) is 11.6 Å². The van der Waals surface area contributed by atoms with Crippen LogP contribution in [0.5, 0.6) is 0 Å². The molecule has 132 valence electrons. The summed E-state index contributed by atoms with van der Waals surface area (Å²) in [5, 5.41) is 6.40. The number of carbonyl (C=O) groups excluding carboxylic acids is 1. The average Bonchev–Trinajstić information content (AvgIpc) is 2.89. The summed E-state index contributed by atoms with van der Waals surface area (Å²) in [7, 11) is -3.04. The average molecular weight is 381 g/mol. The predicted octanol–water partition coefficient (Wildman–Crippen LogP) is 2.10. The summed E-state index contributed by atoms with van der Waals surface area (Å²) in [5.41, 5.74) is 2.04. The highest BCUT2D eigenvalue weighted by Crippen LogP contribution is 2.21. The van der Waals surface area contributed by atoms with Crippen LogP contribution in [0, 0.1) is 6.92 Å². The van der Waals surface area contributed by atoms with Crippen LogP contribution in [-0.4, -0.2) is 41.8 Å². The number of halogens is 1. The Morgan fingerprint density at radius 1 is 1.28 bits per heavy atom. The van der Waals surface area contributed by atoms with Gasteiger partial charge in [0.25, 0.3) is 5.91 Å². The second-order valence-corrected chi connectivity index (χ2v) is 8.62. The van der Waals surface area contributed by atoms with Crippen LogP contribution in [0.15, 0.2) is 30.6 Å². The van der Waals surface area contributed by atoms with E-state index >= 15 is 0 Å². The molecule has 1 saturated heterocycles. The third-order valence-electron chi connectivity index (χ3n) is 3.92. The minimum atomic E-state index is -3.04. The third kappa shape index (κ3) is 4.46. The van der Waals surface area contributed by atoms with Gasteiger partial charge < -0.3 is 10.6 Å². The van der Waals surface area contributed by atoms with Crippen LogP contribution in [0.4, 0.5) is 11.6 Å². The number of carbonyl (C=O) groups is 1. The zero-order valence-electron chi connectivity index (χ0n) is 13.5. The first-order valence-corrected chi connectivity index (χ1v) is 9.89. The second-order valence-electron chi connectivity index (χ2n) is 5.95. The van der Waals surface area contributed by atoms with E-state index < -0.39 is 9.84 Å². The van der Waals surface area contributed by atoms with Gasteiger partial charge in [-0.1, -0.05) is 11.6 Å². The molecule has 1 aromatic carbocycles. The van der Waals surface area contributed by atoms with Gasteiger partial charge in [0.15, 0.2) is 9.84 Å². The molecule has 1 aromatic heterocycles. The van der Waals surface area contributed by atoms with Crippen molar-refractivity contribution in [2.75, 3.05) is 16.8 Å². The molecule has 1 amide bonds. The summed E-state index contributed by atoms with van der Waals surface area (Å²) in [4.78, 5) is 20.4. The minimum absolute atomic E-state index is 0.0188. The molecule has 0 radical (unpaired) electrons. The van der Waals surface area contributed by atoms with E-state index in [-0.39, 0.29) is 29.0 Å². The maximum Gasteiger partial charge on any atom is 0.254 e. The van der Waals surface area contributed by atoms with Gasteiger partial charge >= 0.3 is 0 Å². The molecule has 1 unspecified atom stereocenters. The highest BCUT2D eigenvalue weighted by Gasteiger charge is 2.29. The maximum absolute atomic E-state index is 12.2. The molecular formula is C16H17ClN4O3S. The molecule has 7 nitrogen and oxygen atoms in total. The van der Waals surface area contributed by atoms with Crippen LogP contribution in [0.3, 0.4) is 0 Å². The molecule has 0 saturated carbocycles. The van der Waals surface area contributed by atoms with Crippen molar-refractivity contribution >= 4 is 39.0 Å². The smallest absolute Gasteiger partial charge is 0.254 e. The molecule has 3 rings (SSSR count). The zero-order chi connectivity index (χ0) is 18.0. The fraction of sp³-hybridized carbons (Fsp3) is 0.312. The SMILES string of the molecule is Cc1cc(Cl)ccc1Nc1ncc(C(=O)NC2CCS(=O)(=O)C2)cn1. The summed E-state index contributed by atoms with van der Waals surface area (Å²) in [6, 6.07) is 5.05. The first-order chi connectivity index (χ1) is 11.8. The van der Waals surface area contributed by atoms with Gasteiger partial charge in [0.2, 0.25) is 5.95 Å². The van der Waals surface area contributed by atoms with E-state index in [0.29, 0.717) is 17.4 Å². The van der Waals surface area contributed by atoms with Crippen LogP contribution >= 0.6 is 11.6 Å². The van der Waals surface area contributed by atoms with Crippen molar-refractivity contribution in [3.63, 3.8) is 0 Å². The van der Waals surface area contributed by atoms with Crippen LogP contribution in [0.2, 0.25) is 5.02 Å². The lowest BCUT2D eigenvalue weighted by molar-refractivity contribution is 0.0940. The van der Waals surface area contributed by atoms with Crippen molar-refractivity contribution in [3.05, 3.63) is 46.7 Å². The van der Waals surface area contributed by atoms with E-state index in [0.717, 1.165) is 11.3 Å². The van der Waals surface area contributed by atoms with Gasteiger partial charge in [-0.05, 0) is 37.1 Å². The zero-order valence-corrected chi connectivity index (χ0v) is 15.1. The fourth-order valence-electron chi connectivity index (χ4n) is 2.58. The quantitative estimate of drug-likeness (QED) is 0.842. The van der Waals surface area contributed by atoms with Crippen molar-refractivity contribution in [1.29, 1.82) is 0 Å². The van der Waals surface area contributed by atoms with Gasteiger partial charge in [0.05, 0.1) is 17.1 Å². The number of aromatic nitrogens is 2. The molecule has 9 heteroatoms. The van der Waals surface area contributed by atoms with Crippen molar-refractivity contribution in [1.82, 2.24) is 15.3 Å². The lowest BCUT2D eigenvalue weighted by Crippen LogP contribution is -2.35. The Labute approximate surface area is 150 Å². The van der Waals surface area contributed by atoms with Crippen LogP contribution in [0.1, 0.15) is 22.3 Å². The molecule has 2 heterocycles. The number of benzene rings is 1. The normalized spacial score (nSPS) is 18.7. The topological polar surface area (TPSA) is 101 Å². The molecule has 0 bridgehead atoms. The Hall–Kier alpha value is -2.19. The lowest BCUT2D eigenvalue weighted by Gasteiger charge is -2.11. The summed E-state index contributed by atoms with van der Waals surface area (Å²) in [5.74, 6) is 0.0639. The molecule has 1 aliphatic rings. The molecule has 1 aliphatic heterocycles. The molecule has 1 fully saturated rings. The van der Waals surface area contributed by atoms with Gasteiger partial charge in [-0.15, -0.1) is 0 Å². The first-order valence-electron chi connectivity index (χ1n) is 7.69. The Morgan fingerprint density at radius 3 is 2.60 bits per heavy atom. The monoisotopic (exact) mass is 380 g/mol. The van der Waals surface area contributed by atoms with Crippen LogP contribution in [0.25, 0.3) is 0 Å². The van der Waals surface area contributed by atoms with Crippen molar-refractivity contribution < 1.29 is 13.2 Å². The number of anilines is 2. The highest BCUT2D eigenvalue weighted by atomic mass is 35.5. The Balaban J connectivity index is 1.64. The van der Waals surface area contributed by atoms with Crippen molar-refractivity contribution in [3.8, 4) is 0 Å². The predicted molar refractivity (Wildman–Crippen MR) is 96.0 cm³/mol. The van der Waals surface area contributed by atoms with Crippen LogP contribution in [-0.2, 0) is 9.84 Å². The number of aryl methyl sites for hydroxylation is 1. The molecule has 1 atom stereocenters. The van der Waals surface area contributed by atoms with Gasteiger partial charge in [-0.3, -0.25) is 4.79 Å². The van der Waals surface area contributed by atoms with Gasteiger partial charge in [0, 0.05) is 29.1 Å². The molecule has 0 aliphatic carbocycles. The second kappa shape index (κ2) is 6.97. The van der Waals surface area contributed by atoms with Crippen molar-refractivity contribution in [2.24, 2.45) is 0 Å². The molecule has 2 aromatic rings. The van der Waals surface area contributed by atoms with E-state index in [2.05, 4.69) is 20.6 Å². The van der Waals surface area contributed by atoms with Gasteiger partial charge in [-0.25, -0.2) is 18.4 Å². The van der Waals surface area contributed by atoms with E-state index in [1.807, 2.05) is 19.1 Å². The number of sulfone groups is 1. The molecule has 2 N–H and O–H groups in total. The Kier molecular flexibility index (Phi) is 4.91. The third-order valence-corrected chi connectivity index (χ3v) is 5.92. The molecule has 25 heavy (non-hydrogen) atoms. The Morgan fingerprint density at radius 2 is 2.00 bits per heavy atom. The number of rotatable bonds is 4. The summed E-state index contributed by atoms with van der Waals surface area (Å²) in [6.07, 6.45) is 3.24.